The van der Waals surface area contributed by atoms with E-state index in [0.717, 1.165) is 27.0 Å². The number of hydrogen-bond acceptors (Lipinski definition) is 5. The molecule has 252 valence electrons. The quantitative estimate of drug-likeness (QED) is 0.0615. The Labute approximate surface area is 289 Å². The topological polar surface area (TPSA) is 61.8 Å². The van der Waals surface area contributed by atoms with Gasteiger partial charge in [0.2, 0.25) is 0 Å². The highest BCUT2D eigenvalue weighted by atomic mass is 28.4. The fraction of sp³-hybridized carbons (Fsp3) is 0.317. The average Bonchev–Trinajstić information content (AvgIpc) is 3.08. The van der Waals surface area contributed by atoms with Gasteiger partial charge in [-0.3, -0.25) is 4.79 Å². The molecule has 4 aromatic rings. The molecule has 5 nitrogen and oxygen atoms in total. The van der Waals surface area contributed by atoms with Crippen LogP contribution < -0.4 is 20.7 Å². The minimum Gasteiger partial charge on any atom is -0.461 e. The minimum atomic E-state index is -3.10. The molecule has 0 bridgehead atoms. The van der Waals surface area contributed by atoms with Crippen LogP contribution in [0.25, 0.3) is 0 Å². The minimum absolute atomic E-state index is 0.0349. The van der Waals surface area contributed by atoms with Crippen molar-refractivity contribution in [3.63, 3.8) is 0 Å². The van der Waals surface area contributed by atoms with Crippen molar-refractivity contribution >= 4 is 49.6 Å². The first-order valence-electron chi connectivity index (χ1n) is 16.7. The molecular weight excluding hydrogens is 629 g/mol. The third kappa shape index (κ3) is 8.04. The smallest absolute Gasteiger partial charge is 0.308 e. The molecule has 4 rings (SSSR count). The standard InChI is InChI=1S/C41H50O5Si2/c1-8-29-44-39(43)31-33(45-47(40(2,3)4,35-21-13-9-14-22-35)36-23-15-10-16-24-36)30-34(32-42)46-48(41(5,6)7,37-25-17-11-18-26-37)38-27-19-12-20-28-38/h8-28,32-34H,1,29-31H2,2-7H3. The van der Waals surface area contributed by atoms with Gasteiger partial charge in [0.25, 0.3) is 16.6 Å². The number of aldehydes is 1. The maximum Gasteiger partial charge on any atom is 0.308 e. The van der Waals surface area contributed by atoms with Crippen LogP contribution in [0, 0.1) is 0 Å². The third-order valence-electron chi connectivity index (χ3n) is 8.91. The van der Waals surface area contributed by atoms with E-state index in [4.69, 9.17) is 13.6 Å². The Bertz CT molecular complexity index is 1520. The van der Waals surface area contributed by atoms with Crippen LogP contribution in [0.15, 0.2) is 134 Å². The van der Waals surface area contributed by atoms with E-state index in [9.17, 15) is 9.59 Å². The maximum absolute atomic E-state index is 13.3. The summed E-state index contributed by atoms with van der Waals surface area (Å²) < 4.78 is 20.2. The Hall–Kier alpha value is -3.89. The van der Waals surface area contributed by atoms with Gasteiger partial charge in [0.1, 0.15) is 19.0 Å². The first-order chi connectivity index (χ1) is 22.9. The van der Waals surface area contributed by atoms with E-state index in [1.165, 1.54) is 0 Å². The molecule has 48 heavy (non-hydrogen) atoms. The van der Waals surface area contributed by atoms with Crippen molar-refractivity contribution in [2.45, 2.75) is 76.7 Å². The van der Waals surface area contributed by atoms with Crippen LogP contribution in [-0.2, 0) is 23.2 Å². The number of ether oxygens (including phenoxy) is 1. The first-order valence-corrected chi connectivity index (χ1v) is 20.5. The monoisotopic (exact) mass is 678 g/mol. The summed E-state index contributed by atoms with van der Waals surface area (Å²) >= 11 is 0. The molecule has 0 aliphatic rings. The van der Waals surface area contributed by atoms with Crippen LogP contribution in [0.1, 0.15) is 54.4 Å². The predicted octanol–water partition coefficient (Wildman–Crippen LogP) is 6.59. The molecule has 0 saturated heterocycles. The van der Waals surface area contributed by atoms with Crippen molar-refractivity contribution in [2.24, 2.45) is 0 Å². The Balaban J connectivity index is 1.86. The van der Waals surface area contributed by atoms with Gasteiger partial charge in [-0.05, 0) is 30.8 Å². The lowest BCUT2D eigenvalue weighted by molar-refractivity contribution is -0.144. The summed E-state index contributed by atoms with van der Waals surface area (Å²) in [5.74, 6) is -0.409. The Morgan fingerprint density at radius 1 is 0.646 bits per heavy atom. The fourth-order valence-corrected chi connectivity index (χ4v) is 16.1. The van der Waals surface area contributed by atoms with Crippen molar-refractivity contribution in [3.8, 4) is 0 Å². The van der Waals surface area contributed by atoms with Crippen LogP contribution in [0.3, 0.4) is 0 Å². The van der Waals surface area contributed by atoms with Crippen LogP contribution in [0.5, 0.6) is 0 Å². The zero-order chi connectivity index (χ0) is 34.8. The molecule has 0 N–H and O–H groups in total. The summed E-state index contributed by atoms with van der Waals surface area (Å²) in [5, 5.41) is 3.64. The van der Waals surface area contributed by atoms with Crippen molar-refractivity contribution in [2.75, 3.05) is 6.61 Å². The van der Waals surface area contributed by atoms with Gasteiger partial charge in [-0.25, -0.2) is 0 Å². The molecule has 4 aromatic carbocycles. The summed E-state index contributed by atoms with van der Waals surface area (Å²) in [7, 11) is -6.19. The Kier molecular flexibility index (Phi) is 12.3. The maximum atomic E-state index is 13.3. The Morgan fingerprint density at radius 2 is 1.00 bits per heavy atom. The Morgan fingerprint density at radius 3 is 1.31 bits per heavy atom. The molecule has 0 spiro atoms. The summed E-state index contributed by atoms with van der Waals surface area (Å²) in [6.45, 7) is 16.9. The third-order valence-corrected chi connectivity index (χ3v) is 19.1. The summed E-state index contributed by atoms with van der Waals surface area (Å²) in [6, 6.07) is 41.1. The highest BCUT2D eigenvalue weighted by molar-refractivity contribution is 7.00. The lowest BCUT2D eigenvalue weighted by atomic mass is 10.1. The lowest BCUT2D eigenvalue weighted by Gasteiger charge is -2.46. The van der Waals surface area contributed by atoms with Crippen molar-refractivity contribution in [3.05, 3.63) is 134 Å². The van der Waals surface area contributed by atoms with Gasteiger partial charge in [-0.1, -0.05) is 176 Å². The van der Waals surface area contributed by atoms with Gasteiger partial charge in [0, 0.05) is 6.42 Å². The second-order valence-electron chi connectivity index (χ2n) is 14.3. The van der Waals surface area contributed by atoms with E-state index in [2.05, 4.69) is 96.7 Å². The molecule has 7 heteroatoms. The van der Waals surface area contributed by atoms with Gasteiger partial charge in [0.05, 0.1) is 12.5 Å². The van der Waals surface area contributed by atoms with Crippen LogP contribution >= 0.6 is 0 Å². The second-order valence-corrected chi connectivity index (χ2v) is 22.8. The van der Waals surface area contributed by atoms with Crippen LogP contribution in [-0.4, -0.2) is 47.7 Å². The van der Waals surface area contributed by atoms with Gasteiger partial charge >= 0.3 is 5.97 Å². The normalized spacial score (nSPS) is 13.7. The van der Waals surface area contributed by atoms with E-state index < -0.39 is 34.8 Å². The lowest BCUT2D eigenvalue weighted by Crippen LogP contribution is -2.69. The predicted molar refractivity (Wildman–Crippen MR) is 201 cm³/mol. The molecule has 0 saturated carbocycles. The number of benzene rings is 4. The number of hydrogen-bond donors (Lipinski definition) is 0. The summed E-state index contributed by atoms with van der Waals surface area (Å²) in [4.78, 5) is 26.5. The molecule has 0 aromatic heterocycles. The van der Waals surface area contributed by atoms with Crippen molar-refractivity contribution in [1.29, 1.82) is 0 Å². The molecule has 0 aliphatic carbocycles. The molecule has 0 aliphatic heterocycles. The molecule has 2 atom stereocenters. The average molecular weight is 679 g/mol. The van der Waals surface area contributed by atoms with E-state index in [-0.39, 0.29) is 29.5 Å². The first kappa shape index (κ1) is 36.9. The van der Waals surface area contributed by atoms with E-state index >= 15 is 0 Å². The number of rotatable bonds is 15. The molecule has 0 heterocycles. The van der Waals surface area contributed by atoms with E-state index in [1.807, 2.05) is 72.8 Å². The van der Waals surface area contributed by atoms with E-state index in [0.29, 0.717) is 0 Å². The van der Waals surface area contributed by atoms with Gasteiger partial charge in [-0.2, -0.15) is 0 Å². The zero-order valence-electron chi connectivity index (χ0n) is 29.2. The van der Waals surface area contributed by atoms with Crippen molar-refractivity contribution in [1.82, 2.24) is 0 Å². The number of carbonyl (C=O) groups is 2. The fourth-order valence-electron chi connectivity index (χ4n) is 6.82. The van der Waals surface area contributed by atoms with Crippen LogP contribution in [0.2, 0.25) is 10.1 Å². The second kappa shape index (κ2) is 16.0. The van der Waals surface area contributed by atoms with Gasteiger partial charge in [0.15, 0.2) is 0 Å². The summed E-state index contributed by atoms with van der Waals surface area (Å²) in [5.41, 5.74) is 0. The SMILES string of the molecule is C=CCOC(=O)CC(CC(C=O)O[Si](c1ccccc1)(c1ccccc1)C(C)(C)C)O[Si](c1ccccc1)(c1ccccc1)C(C)(C)C. The highest BCUT2D eigenvalue weighted by Gasteiger charge is 2.54. The zero-order valence-corrected chi connectivity index (χ0v) is 31.2. The molecule has 0 amide bonds. The van der Waals surface area contributed by atoms with Gasteiger partial charge in [-0.15, -0.1) is 0 Å². The van der Waals surface area contributed by atoms with Gasteiger partial charge < -0.3 is 18.4 Å². The van der Waals surface area contributed by atoms with E-state index in [1.54, 1.807) is 6.08 Å². The largest absolute Gasteiger partial charge is 0.461 e. The van der Waals surface area contributed by atoms with Crippen molar-refractivity contribution < 1.29 is 23.2 Å². The highest BCUT2D eigenvalue weighted by Crippen LogP contribution is 2.40. The number of esters is 1. The molecular formula is C41H50O5Si2. The molecule has 0 fully saturated rings. The molecule has 0 radical (unpaired) electrons. The number of carbonyl (C=O) groups excluding carboxylic acids is 2. The van der Waals surface area contributed by atoms with Crippen LogP contribution in [0.4, 0.5) is 0 Å². The summed E-state index contributed by atoms with van der Waals surface area (Å²) in [6.07, 6.45) is 1.05. The molecule has 2 unspecified atom stereocenters.